The van der Waals surface area contributed by atoms with Crippen LogP contribution >= 0.6 is 0 Å². The molecule has 0 saturated carbocycles. The second kappa shape index (κ2) is 62.6. The zero-order valence-corrected chi connectivity index (χ0v) is 49.0. The Bertz CT molecular complexity index is 1520. The Morgan fingerprint density at radius 3 is 0.827 bits per heavy atom. The molecule has 0 radical (unpaired) electrons. The van der Waals surface area contributed by atoms with Crippen LogP contribution in [0.3, 0.4) is 0 Å². The van der Waals surface area contributed by atoms with Gasteiger partial charge in [-0.25, -0.2) is 0 Å². The highest BCUT2D eigenvalue weighted by atomic mass is 16.6. The lowest BCUT2D eigenvalue weighted by atomic mass is 10.1. The molecule has 0 heterocycles. The predicted molar refractivity (Wildman–Crippen MR) is 325 cm³/mol. The first-order valence-corrected chi connectivity index (χ1v) is 31.4. The summed E-state index contributed by atoms with van der Waals surface area (Å²) in [5, 5.41) is 0. The molecular formula is C69H116O6. The number of carbonyl (C=O) groups excluding carboxylic acids is 3. The molecule has 0 saturated heterocycles. The molecule has 0 aliphatic carbocycles. The standard InChI is InChI=1S/C69H116O6/c1-4-7-10-13-16-19-22-25-28-31-34-37-40-43-46-49-52-55-58-61-67(70)73-64-66(75-69(72)63-60-57-54-51-48-45-42-39-36-33-30-27-24-21-18-15-12-9-6-3)65-74-68(71)62-59-56-53-50-47-44-41-38-35-32-29-26-23-20-17-14-11-8-5-2/h7,10,16-21,25-30,34,37,43,46,66H,4-6,8-9,11-15,22-24,31-33,35-36,38-42,44-45,47-65H2,1-3H3/b10-7+,19-16+,20-17+,21-18+,28-25+,29-26+,30-27+,37-34+,46-43+/t66-/m0/s1. The topological polar surface area (TPSA) is 78.9 Å². The van der Waals surface area contributed by atoms with Crippen molar-refractivity contribution in [1.29, 1.82) is 0 Å². The van der Waals surface area contributed by atoms with E-state index >= 15 is 0 Å². The molecule has 0 aliphatic rings. The molecule has 0 fully saturated rings. The zero-order chi connectivity index (χ0) is 54.3. The number of allylic oxidation sites excluding steroid dienone is 18. The first kappa shape index (κ1) is 71.1. The van der Waals surface area contributed by atoms with Gasteiger partial charge in [-0.1, -0.05) is 252 Å². The van der Waals surface area contributed by atoms with Gasteiger partial charge in [-0.15, -0.1) is 0 Å². The third-order valence-corrected chi connectivity index (χ3v) is 13.2. The van der Waals surface area contributed by atoms with Crippen LogP contribution in [0.1, 0.15) is 290 Å². The molecule has 6 nitrogen and oxygen atoms in total. The molecule has 0 N–H and O–H groups in total. The summed E-state index contributed by atoms with van der Waals surface area (Å²) in [5.74, 6) is -0.928. The Hall–Kier alpha value is -3.93. The summed E-state index contributed by atoms with van der Waals surface area (Å²) < 4.78 is 16.9. The van der Waals surface area contributed by atoms with E-state index in [4.69, 9.17) is 14.2 Å². The molecule has 0 aliphatic heterocycles. The summed E-state index contributed by atoms with van der Waals surface area (Å²) in [6.45, 7) is 6.46. The van der Waals surface area contributed by atoms with Crippen molar-refractivity contribution in [3.8, 4) is 0 Å². The van der Waals surface area contributed by atoms with Gasteiger partial charge >= 0.3 is 17.9 Å². The van der Waals surface area contributed by atoms with E-state index in [9.17, 15) is 14.4 Å². The van der Waals surface area contributed by atoms with E-state index in [1.807, 2.05) is 0 Å². The monoisotopic (exact) mass is 1040 g/mol. The second-order valence-electron chi connectivity index (χ2n) is 20.6. The fraction of sp³-hybridized carbons (Fsp3) is 0.696. The summed E-state index contributed by atoms with van der Waals surface area (Å²) in [5.41, 5.74) is 0. The van der Waals surface area contributed by atoms with Crippen molar-refractivity contribution in [2.24, 2.45) is 0 Å². The van der Waals surface area contributed by atoms with Gasteiger partial charge in [-0.05, 0) is 128 Å². The maximum Gasteiger partial charge on any atom is 0.306 e. The average molecular weight is 1040 g/mol. The zero-order valence-electron chi connectivity index (χ0n) is 49.0. The number of hydrogen-bond donors (Lipinski definition) is 0. The quantitative estimate of drug-likeness (QED) is 0.0261. The van der Waals surface area contributed by atoms with Crippen LogP contribution in [-0.4, -0.2) is 37.2 Å². The van der Waals surface area contributed by atoms with Gasteiger partial charge in [-0.3, -0.25) is 14.4 Å². The normalized spacial score (nSPS) is 12.8. The average Bonchev–Trinajstić information content (AvgIpc) is 3.41. The molecule has 0 aromatic carbocycles. The van der Waals surface area contributed by atoms with Crippen LogP contribution in [0, 0.1) is 0 Å². The summed E-state index contributed by atoms with van der Waals surface area (Å²) in [7, 11) is 0. The van der Waals surface area contributed by atoms with Crippen LogP contribution in [-0.2, 0) is 28.6 Å². The van der Waals surface area contributed by atoms with Crippen molar-refractivity contribution in [1.82, 2.24) is 0 Å². The van der Waals surface area contributed by atoms with Crippen LogP contribution < -0.4 is 0 Å². The summed E-state index contributed by atoms with van der Waals surface area (Å²) in [6, 6.07) is 0. The van der Waals surface area contributed by atoms with Crippen LogP contribution in [0.4, 0.5) is 0 Å². The highest BCUT2D eigenvalue weighted by Gasteiger charge is 2.19. The predicted octanol–water partition coefficient (Wildman–Crippen LogP) is 21.4. The van der Waals surface area contributed by atoms with E-state index in [0.717, 1.165) is 109 Å². The van der Waals surface area contributed by atoms with Gasteiger partial charge in [0, 0.05) is 19.3 Å². The van der Waals surface area contributed by atoms with Gasteiger partial charge < -0.3 is 14.2 Å². The van der Waals surface area contributed by atoms with Crippen LogP contribution in [0.25, 0.3) is 0 Å². The molecule has 6 heteroatoms. The lowest BCUT2D eigenvalue weighted by Crippen LogP contribution is -2.30. The Balaban J connectivity index is 4.46. The number of hydrogen-bond acceptors (Lipinski definition) is 6. The fourth-order valence-electron chi connectivity index (χ4n) is 8.53. The number of unbranched alkanes of at least 4 members (excludes halogenated alkanes) is 27. The lowest BCUT2D eigenvalue weighted by molar-refractivity contribution is -0.167. The van der Waals surface area contributed by atoms with E-state index in [1.54, 1.807) is 0 Å². The highest BCUT2D eigenvalue weighted by molar-refractivity contribution is 5.71. The van der Waals surface area contributed by atoms with E-state index < -0.39 is 6.10 Å². The van der Waals surface area contributed by atoms with E-state index in [0.29, 0.717) is 19.3 Å². The minimum Gasteiger partial charge on any atom is -0.462 e. The maximum absolute atomic E-state index is 12.9. The number of esters is 3. The smallest absolute Gasteiger partial charge is 0.306 e. The highest BCUT2D eigenvalue weighted by Crippen LogP contribution is 2.15. The van der Waals surface area contributed by atoms with Crippen LogP contribution in [0.2, 0.25) is 0 Å². The molecule has 428 valence electrons. The molecule has 0 aromatic heterocycles. The Morgan fingerprint density at radius 1 is 0.280 bits per heavy atom. The van der Waals surface area contributed by atoms with Gasteiger partial charge in [0.15, 0.2) is 6.10 Å². The Labute approximate surface area is 463 Å². The van der Waals surface area contributed by atoms with E-state index in [-0.39, 0.29) is 31.1 Å². The van der Waals surface area contributed by atoms with Crippen LogP contribution in [0.5, 0.6) is 0 Å². The summed E-state index contributed by atoms with van der Waals surface area (Å²) >= 11 is 0. The second-order valence-corrected chi connectivity index (χ2v) is 20.6. The first-order chi connectivity index (χ1) is 37.0. The first-order valence-electron chi connectivity index (χ1n) is 31.4. The van der Waals surface area contributed by atoms with Gasteiger partial charge in [-0.2, -0.15) is 0 Å². The molecule has 75 heavy (non-hydrogen) atoms. The summed E-state index contributed by atoms with van der Waals surface area (Å²) in [4.78, 5) is 38.3. The number of ether oxygens (including phenoxy) is 3. The van der Waals surface area contributed by atoms with Gasteiger partial charge in [0.1, 0.15) is 13.2 Å². The van der Waals surface area contributed by atoms with Gasteiger partial charge in [0.2, 0.25) is 0 Å². The van der Waals surface area contributed by atoms with Crippen molar-refractivity contribution in [2.75, 3.05) is 13.2 Å². The van der Waals surface area contributed by atoms with Crippen molar-refractivity contribution in [2.45, 2.75) is 297 Å². The van der Waals surface area contributed by atoms with Crippen molar-refractivity contribution in [3.63, 3.8) is 0 Å². The molecular weight excluding hydrogens is 925 g/mol. The third kappa shape index (κ3) is 60.8. The number of rotatable bonds is 56. The van der Waals surface area contributed by atoms with E-state index in [1.165, 1.54) is 141 Å². The fourth-order valence-corrected chi connectivity index (χ4v) is 8.53. The molecule has 0 amide bonds. The van der Waals surface area contributed by atoms with Crippen molar-refractivity contribution < 1.29 is 28.6 Å². The molecule has 0 aromatic rings. The largest absolute Gasteiger partial charge is 0.462 e. The molecule has 0 unspecified atom stereocenters. The van der Waals surface area contributed by atoms with Crippen molar-refractivity contribution in [3.05, 3.63) is 109 Å². The lowest BCUT2D eigenvalue weighted by Gasteiger charge is -2.18. The van der Waals surface area contributed by atoms with Crippen molar-refractivity contribution >= 4 is 17.9 Å². The minimum atomic E-state index is -0.799. The molecule has 0 bridgehead atoms. The number of carbonyl (C=O) groups is 3. The van der Waals surface area contributed by atoms with Gasteiger partial charge in [0.05, 0.1) is 0 Å². The molecule has 0 rings (SSSR count). The third-order valence-electron chi connectivity index (χ3n) is 13.2. The van der Waals surface area contributed by atoms with Crippen LogP contribution in [0.15, 0.2) is 109 Å². The SMILES string of the molecule is CC/C=C/C/C=C/C/C=C/C/C=C/C/C=C/CCCCCC(=O)OC[C@@H](COC(=O)CCCCCCCCCCC/C=C/C/C=C/CCCCC)OC(=O)CCCCCCCCCCC/C=C/C/C=C/CCCCC. The van der Waals surface area contributed by atoms with Gasteiger partial charge in [0.25, 0.3) is 0 Å². The Kier molecular flexibility index (Phi) is 59.3. The molecule has 1 atom stereocenters. The minimum absolute atomic E-state index is 0.0934. The summed E-state index contributed by atoms with van der Waals surface area (Å²) in [6.07, 6.45) is 85.1. The Morgan fingerprint density at radius 2 is 0.520 bits per heavy atom. The van der Waals surface area contributed by atoms with E-state index in [2.05, 4.69) is 130 Å². The molecule has 0 spiro atoms. The maximum atomic E-state index is 12.9.